The molecule has 0 saturated carbocycles. The quantitative estimate of drug-likeness (QED) is 0.742. The summed E-state index contributed by atoms with van der Waals surface area (Å²) >= 11 is 0. The largest absolute Gasteiger partial charge is 0.481 e. The van der Waals surface area contributed by atoms with Gasteiger partial charge in [-0.3, -0.25) is 14.6 Å². The minimum absolute atomic E-state index is 0.0253. The van der Waals surface area contributed by atoms with Gasteiger partial charge in [-0.15, -0.1) is 0 Å². The molecule has 6 nitrogen and oxygen atoms in total. The van der Waals surface area contributed by atoms with Crippen LogP contribution in [0.3, 0.4) is 0 Å². The first-order chi connectivity index (χ1) is 9.15. The van der Waals surface area contributed by atoms with E-state index in [0.29, 0.717) is 23.6 Å². The second-order valence-electron chi connectivity index (χ2n) is 4.23. The Bertz CT molecular complexity index is 508. The van der Waals surface area contributed by atoms with Gasteiger partial charge in [0.25, 0.3) is 5.91 Å². The Hall–Kier alpha value is -2.37. The van der Waals surface area contributed by atoms with Gasteiger partial charge in [0.15, 0.2) is 5.84 Å². The maximum absolute atomic E-state index is 11.8. The molecule has 6 heteroatoms. The van der Waals surface area contributed by atoms with E-state index >= 15 is 0 Å². The van der Waals surface area contributed by atoms with Crippen molar-refractivity contribution in [1.82, 2.24) is 5.32 Å². The van der Waals surface area contributed by atoms with E-state index in [4.69, 9.17) is 5.11 Å². The molecule has 0 saturated heterocycles. The van der Waals surface area contributed by atoms with Crippen LogP contribution >= 0.6 is 0 Å². The first-order valence-corrected chi connectivity index (χ1v) is 6.05. The summed E-state index contributed by atoms with van der Waals surface area (Å²) in [5.41, 5.74) is 1.31. The molecule has 0 fully saturated rings. The third-order valence-corrected chi connectivity index (χ3v) is 2.68. The average molecular weight is 261 g/mol. The third-order valence-electron chi connectivity index (χ3n) is 2.68. The van der Waals surface area contributed by atoms with E-state index in [1.165, 1.54) is 0 Å². The fourth-order valence-electron chi connectivity index (χ4n) is 1.76. The molecule has 0 unspecified atom stereocenters. The number of aliphatic carboxylic acids is 1. The van der Waals surface area contributed by atoms with Crippen LogP contribution in [0.2, 0.25) is 0 Å². The highest BCUT2D eigenvalue weighted by molar-refractivity contribution is 6.42. The SMILES string of the molecule is O=C(O)Cc1ccc(NC(=O)C2=NCCCN2)cc1. The van der Waals surface area contributed by atoms with E-state index < -0.39 is 5.97 Å². The van der Waals surface area contributed by atoms with Crippen LogP contribution in [0, 0.1) is 0 Å². The normalized spacial score (nSPS) is 14.2. The van der Waals surface area contributed by atoms with Crippen molar-refractivity contribution in [3.05, 3.63) is 29.8 Å². The summed E-state index contributed by atoms with van der Waals surface area (Å²) < 4.78 is 0. The highest BCUT2D eigenvalue weighted by Gasteiger charge is 2.13. The summed E-state index contributed by atoms with van der Waals surface area (Å²) in [6, 6.07) is 6.72. The van der Waals surface area contributed by atoms with Crippen LogP contribution in [0.4, 0.5) is 5.69 Å². The number of carbonyl (C=O) groups excluding carboxylic acids is 1. The monoisotopic (exact) mass is 261 g/mol. The molecule has 0 spiro atoms. The Balaban J connectivity index is 1.97. The van der Waals surface area contributed by atoms with E-state index in [9.17, 15) is 9.59 Å². The summed E-state index contributed by atoms with van der Waals surface area (Å²) in [7, 11) is 0. The lowest BCUT2D eigenvalue weighted by atomic mass is 10.1. The number of anilines is 1. The summed E-state index contributed by atoms with van der Waals surface area (Å²) in [5.74, 6) is -0.802. The number of amides is 1. The molecule has 1 heterocycles. The fraction of sp³-hybridized carbons (Fsp3) is 0.308. The van der Waals surface area contributed by atoms with Crippen LogP contribution in [-0.2, 0) is 16.0 Å². The molecule has 19 heavy (non-hydrogen) atoms. The molecular weight excluding hydrogens is 246 g/mol. The van der Waals surface area contributed by atoms with Gasteiger partial charge in [0.1, 0.15) is 0 Å². The van der Waals surface area contributed by atoms with Crippen LogP contribution in [0.1, 0.15) is 12.0 Å². The van der Waals surface area contributed by atoms with Gasteiger partial charge in [-0.2, -0.15) is 0 Å². The van der Waals surface area contributed by atoms with Crippen LogP contribution in [-0.4, -0.2) is 35.9 Å². The lowest BCUT2D eigenvalue weighted by Gasteiger charge is -2.14. The predicted molar refractivity (Wildman–Crippen MR) is 71.3 cm³/mol. The van der Waals surface area contributed by atoms with E-state index in [-0.39, 0.29) is 12.3 Å². The Morgan fingerprint density at radius 3 is 2.63 bits per heavy atom. The number of hydrogen-bond acceptors (Lipinski definition) is 4. The maximum Gasteiger partial charge on any atom is 0.307 e. The number of nitrogens with zero attached hydrogens (tertiary/aromatic N) is 1. The van der Waals surface area contributed by atoms with Gasteiger partial charge < -0.3 is 15.7 Å². The van der Waals surface area contributed by atoms with Crippen LogP contribution < -0.4 is 10.6 Å². The average Bonchev–Trinajstić information content (AvgIpc) is 2.41. The van der Waals surface area contributed by atoms with Crippen molar-refractivity contribution in [3.63, 3.8) is 0 Å². The minimum Gasteiger partial charge on any atom is -0.481 e. The van der Waals surface area contributed by atoms with Gasteiger partial charge in [-0.05, 0) is 24.1 Å². The molecule has 1 aliphatic rings. The van der Waals surface area contributed by atoms with Crippen LogP contribution in [0.15, 0.2) is 29.3 Å². The third kappa shape index (κ3) is 3.80. The molecular formula is C13H15N3O3. The zero-order chi connectivity index (χ0) is 13.7. The van der Waals surface area contributed by atoms with Gasteiger partial charge in [-0.25, -0.2) is 0 Å². The van der Waals surface area contributed by atoms with Crippen molar-refractivity contribution in [2.45, 2.75) is 12.8 Å². The van der Waals surface area contributed by atoms with Gasteiger partial charge in [0.05, 0.1) is 6.42 Å². The number of carboxylic acids is 1. The van der Waals surface area contributed by atoms with Crippen molar-refractivity contribution in [2.75, 3.05) is 18.4 Å². The maximum atomic E-state index is 11.8. The number of rotatable bonds is 4. The van der Waals surface area contributed by atoms with E-state index in [2.05, 4.69) is 15.6 Å². The fourth-order valence-corrected chi connectivity index (χ4v) is 1.76. The number of hydrogen-bond donors (Lipinski definition) is 3. The van der Waals surface area contributed by atoms with Crippen LogP contribution in [0.5, 0.6) is 0 Å². The molecule has 0 aliphatic carbocycles. The Labute approximate surface area is 110 Å². The van der Waals surface area contributed by atoms with Crippen molar-refractivity contribution >= 4 is 23.4 Å². The predicted octanol–water partition coefficient (Wildman–Crippen LogP) is 0.644. The van der Waals surface area contributed by atoms with Gasteiger partial charge in [0.2, 0.25) is 0 Å². The summed E-state index contributed by atoms with van der Waals surface area (Å²) in [5, 5.41) is 14.3. The lowest BCUT2D eigenvalue weighted by molar-refractivity contribution is -0.136. The van der Waals surface area contributed by atoms with E-state index in [1.807, 2.05) is 0 Å². The zero-order valence-electron chi connectivity index (χ0n) is 10.3. The Morgan fingerprint density at radius 2 is 2.05 bits per heavy atom. The molecule has 2 rings (SSSR count). The van der Waals surface area contributed by atoms with Crippen molar-refractivity contribution in [1.29, 1.82) is 0 Å². The van der Waals surface area contributed by atoms with Crippen molar-refractivity contribution in [2.24, 2.45) is 4.99 Å². The van der Waals surface area contributed by atoms with Crippen molar-refractivity contribution < 1.29 is 14.7 Å². The molecule has 1 aromatic carbocycles. The molecule has 0 atom stereocenters. The van der Waals surface area contributed by atoms with E-state index in [0.717, 1.165) is 13.0 Å². The molecule has 1 aliphatic heterocycles. The number of nitrogens with one attached hydrogen (secondary N) is 2. The number of aliphatic imine (C=N–C) groups is 1. The number of carbonyl (C=O) groups is 2. The smallest absolute Gasteiger partial charge is 0.307 e. The van der Waals surface area contributed by atoms with Crippen molar-refractivity contribution in [3.8, 4) is 0 Å². The van der Waals surface area contributed by atoms with Gasteiger partial charge >= 0.3 is 5.97 Å². The highest BCUT2D eigenvalue weighted by atomic mass is 16.4. The lowest BCUT2D eigenvalue weighted by Crippen LogP contribution is -2.39. The molecule has 1 aromatic rings. The topological polar surface area (TPSA) is 90.8 Å². The second kappa shape index (κ2) is 5.99. The number of benzene rings is 1. The highest BCUT2D eigenvalue weighted by Crippen LogP contribution is 2.10. The standard InChI is InChI=1S/C13H15N3O3/c17-11(18)8-9-2-4-10(5-3-9)16-13(19)12-14-6-1-7-15-12/h2-5H,1,6-8H2,(H,14,15)(H,16,19)(H,17,18). The minimum atomic E-state index is -0.877. The Morgan fingerprint density at radius 1 is 1.32 bits per heavy atom. The number of amidine groups is 1. The molecule has 0 radical (unpaired) electrons. The molecule has 0 bridgehead atoms. The number of carboxylic acid groups (broad SMARTS) is 1. The van der Waals surface area contributed by atoms with E-state index in [1.54, 1.807) is 24.3 Å². The summed E-state index contributed by atoms with van der Waals surface area (Å²) in [6.07, 6.45) is 0.906. The molecule has 100 valence electrons. The molecule has 3 N–H and O–H groups in total. The second-order valence-corrected chi connectivity index (χ2v) is 4.23. The van der Waals surface area contributed by atoms with Gasteiger partial charge in [0, 0.05) is 18.8 Å². The summed E-state index contributed by atoms with van der Waals surface area (Å²) in [4.78, 5) is 26.5. The first kappa shape index (κ1) is 13.1. The Kier molecular flexibility index (Phi) is 4.12. The zero-order valence-corrected chi connectivity index (χ0v) is 10.3. The summed E-state index contributed by atoms with van der Waals surface area (Å²) in [6.45, 7) is 1.41. The first-order valence-electron chi connectivity index (χ1n) is 6.05. The molecule has 0 aromatic heterocycles. The van der Waals surface area contributed by atoms with Crippen LogP contribution in [0.25, 0.3) is 0 Å². The molecule has 1 amide bonds. The van der Waals surface area contributed by atoms with Gasteiger partial charge in [-0.1, -0.05) is 12.1 Å².